The lowest BCUT2D eigenvalue weighted by molar-refractivity contribution is -0.572. The minimum atomic E-state index is -0.353. The van der Waals surface area contributed by atoms with E-state index < -0.39 is 0 Å². The summed E-state index contributed by atoms with van der Waals surface area (Å²) in [6.45, 7) is 4.32. The number of nitrogens with zero attached hydrogens (tertiary/aromatic N) is 2. The highest BCUT2D eigenvalue weighted by molar-refractivity contribution is 5.80. The molecule has 1 aromatic rings. The average molecular weight is 346 g/mol. The van der Waals surface area contributed by atoms with Crippen LogP contribution in [-0.2, 0) is 6.42 Å². The third kappa shape index (κ3) is 2.65. The maximum atomic E-state index is 10.7. The summed E-state index contributed by atoms with van der Waals surface area (Å²) < 4.78 is 2.11. The van der Waals surface area contributed by atoms with Crippen molar-refractivity contribution in [2.45, 2.75) is 25.8 Å². The Morgan fingerprint density at radius 2 is 2.06 bits per heavy atom. The number of fused-ring (bicyclic) bond motifs is 1. The molecule has 0 saturated heterocycles. The molecule has 1 aliphatic heterocycles. The van der Waals surface area contributed by atoms with Crippen molar-refractivity contribution in [1.29, 1.82) is 0 Å². The normalized spacial score (nSPS) is 16.5. The topological polar surface area (TPSA) is 46.1 Å². The Labute approximate surface area is 118 Å². The molecule has 1 heterocycles. The minimum Gasteiger partial charge on any atom is -1.00 e. The number of nitro benzene ring substituents is 1. The lowest BCUT2D eigenvalue weighted by Gasteiger charge is -2.25. The Morgan fingerprint density at radius 1 is 1.41 bits per heavy atom. The zero-order chi connectivity index (χ0) is 11.9. The Morgan fingerprint density at radius 3 is 2.65 bits per heavy atom. The van der Waals surface area contributed by atoms with Crippen LogP contribution in [0.15, 0.2) is 18.2 Å². The first-order valence-electron chi connectivity index (χ1n) is 5.25. The summed E-state index contributed by atoms with van der Waals surface area (Å²) in [7, 11) is 2.00. The van der Waals surface area contributed by atoms with Gasteiger partial charge >= 0.3 is 0 Å². The van der Waals surface area contributed by atoms with Gasteiger partial charge in [-0.3, -0.25) is 10.1 Å². The zero-order valence-corrected chi connectivity index (χ0v) is 12.3. The fourth-order valence-electron chi connectivity index (χ4n) is 1.95. The third-order valence-electron chi connectivity index (χ3n) is 3.25. The van der Waals surface area contributed by atoms with Crippen LogP contribution in [-0.4, -0.2) is 28.3 Å². The van der Waals surface area contributed by atoms with Gasteiger partial charge in [0, 0.05) is 38.0 Å². The fourth-order valence-corrected chi connectivity index (χ4v) is 1.95. The second kappa shape index (κ2) is 4.72. The third-order valence-corrected chi connectivity index (χ3v) is 3.25. The number of rotatable bonds is 1. The molecule has 1 aromatic carbocycles. The summed E-state index contributed by atoms with van der Waals surface area (Å²) in [4.78, 5) is 10.3. The number of hydrogen-bond acceptors (Lipinski definition) is 2. The van der Waals surface area contributed by atoms with Crippen molar-refractivity contribution in [3.05, 3.63) is 39.4 Å². The summed E-state index contributed by atoms with van der Waals surface area (Å²) in [6, 6.07) is 5.08. The number of halogens is 1. The molecule has 92 valence electrons. The molecule has 1 aliphatic rings. The number of nitro groups is 1. The quantitative estimate of drug-likeness (QED) is 0.283. The van der Waals surface area contributed by atoms with Gasteiger partial charge in [0.2, 0.25) is 0 Å². The molecule has 4 nitrogen and oxygen atoms in total. The largest absolute Gasteiger partial charge is 1.00 e. The molecule has 0 amide bonds. The van der Waals surface area contributed by atoms with Gasteiger partial charge in [0.25, 0.3) is 5.69 Å². The Kier molecular flexibility index (Phi) is 3.91. The van der Waals surface area contributed by atoms with Gasteiger partial charge < -0.3 is 24.0 Å². The first-order valence-corrected chi connectivity index (χ1v) is 5.25. The Bertz CT molecular complexity index is 495. The molecule has 0 unspecified atom stereocenters. The zero-order valence-electron chi connectivity index (χ0n) is 10.1. The maximum absolute atomic E-state index is 10.7. The number of likely N-dealkylation sites (N-methyl/N-ethyl adjacent to an activating group) is 1. The second-order valence-electron chi connectivity index (χ2n) is 4.87. The summed E-state index contributed by atoms with van der Waals surface area (Å²) in [6.07, 6.45) is 2.89. The predicted octanol–water partition coefficient (Wildman–Crippen LogP) is -1.01. The fraction of sp³-hybridized carbons (Fsp3) is 0.417. The van der Waals surface area contributed by atoms with Crippen LogP contribution in [0.4, 0.5) is 5.69 Å². The van der Waals surface area contributed by atoms with Crippen LogP contribution in [0.1, 0.15) is 25.0 Å². The van der Waals surface area contributed by atoms with E-state index in [2.05, 4.69) is 18.4 Å². The lowest BCUT2D eigenvalue weighted by Crippen LogP contribution is -3.00. The molecule has 2 rings (SSSR count). The average Bonchev–Trinajstić information content (AvgIpc) is 2.18. The molecule has 0 fully saturated rings. The Hall–Kier alpha value is -0.980. The van der Waals surface area contributed by atoms with E-state index in [0.29, 0.717) is 0 Å². The number of non-ortho nitro benzene ring substituents is 1. The summed E-state index contributed by atoms with van der Waals surface area (Å²) in [5.41, 5.74) is 2.36. The van der Waals surface area contributed by atoms with Crippen molar-refractivity contribution < 1.29 is 33.5 Å². The van der Waals surface area contributed by atoms with Crippen LogP contribution in [0.25, 0.3) is 0 Å². The highest BCUT2D eigenvalue weighted by Crippen LogP contribution is 2.25. The molecule has 5 heteroatoms. The van der Waals surface area contributed by atoms with E-state index >= 15 is 0 Å². The monoisotopic (exact) mass is 346 g/mol. The van der Waals surface area contributed by atoms with Crippen molar-refractivity contribution >= 4 is 11.9 Å². The molecule has 0 saturated carbocycles. The van der Waals surface area contributed by atoms with Crippen LogP contribution < -0.4 is 24.0 Å². The van der Waals surface area contributed by atoms with Crippen molar-refractivity contribution in [2.75, 3.05) is 7.05 Å². The molecule has 0 aliphatic carbocycles. The highest BCUT2D eigenvalue weighted by atomic mass is 127. The second-order valence-corrected chi connectivity index (χ2v) is 4.87. The lowest BCUT2D eigenvalue weighted by atomic mass is 9.88. The van der Waals surface area contributed by atoms with Gasteiger partial charge in [-0.1, -0.05) is 6.07 Å². The SMILES string of the molecule is C[N+]1=Cc2cc([N+](=O)[O-])ccc2CC1(C)C.[I-]. The molecule has 0 spiro atoms. The first kappa shape index (κ1) is 14.1. The van der Waals surface area contributed by atoms with Gasteiger partial charge in [0.05, 0.1) is 4.92 Å². The van der Waals surface area contributed by atoms with Crippen LogP contribution in [0, 0.1) is 10.1 Å². The molecule has 0 radical (unpaired) electrons. The van der Waals surface area contributed by atoms with Gasteiger partial charge in [-0.25, -0.2) is 4.58 Å². The standard InChI is InChI=1S/C12H15N2O2.HI/c1-12(2)7-9-4-5-11(14(15)16)6-10(9)8-13(12)3;/h4-6,8H,7H2,1-3H3;1H/q+1;/p-1. The summed E-state index contributed by atoms with van der Waals surface area (Å²) in [5, 5.41) is 10.7. The maximum Gasteiger partial charge on any atom is 0.270 e. The van der Waals surface area contributed by atoms with E-state index in [9.17, 15) is 10.1 Å². The van der Waals surface area contributed by atoms with Crippen molar-refractivity contribution in [3.8, 4) is 0 Å². The van der Waals surface area contributed by atoms with E-state index in [1.54, 1.807) is 12.1 Å². The van der Waals surface area contributed by atoms with E-state index in [1.165, 1.54) is 5.56 Å². The number of benzene rings is 1. The van der Waals surface area contributed by atoms with Crippen LogP contribution >= 0.6 is 0 Å². The molecule has 0 N–H and O–H groups in total. The molecule has 0 atom stereocenters. The van der Waals surface area contributed by atoms with E-state index in [4.69, 9.17) is 0 Å². The van der Waals surface area contributed by atoms with Crippen LogP contribution in [0.5, 0.6) is 0 Å². The van der Waals surface area contributed by atoms with Crippen molar-refractivity contribution in [1.82, 2.24) is 0 Å². The van der Waals surface area contributed by atoms with E-state index in [0.717, 1.165) is 12.0 Å². The van der Waals surface area contributed by atoms with E-state index in [-0.39, 0.29) is 40.1 Å². The van der Waals surface area contributed by atoms with Gasteiger partial charge in [0.1, 0.15) is 7.05 Å². The smallest absolute Gasteiger partial charge is 0.270 e. The summed E-state index contributed by atoms with van der Waals surface area (Å²) >= 11 is 0. The first-order chi connectivity index (χ1) is 7.40. The minimum absolute atomic E-state index is 0. The van der Waals surface area contributed by atoms with Gasteiger partial charge in [-0.2, -0.15) is 0 Å². The van der Waals surface area contributed by atoms with E-state index in [1.807, 2.05) is 19.3 Å². The van der Waals surface area contributed by atoms with Crippen molar-refractivity contribution in [3.63, 3.8) is 0 Å². The predicted molar refractivity (Wildman–Crippen MR) is 62.2 cm³/mol. The summed E-state index contributed by atoms with van der Waals surface area (Å²) in [5.74, 6) is 0. The molecular formula is C12H15IN2O2. The molecular weight excluding hydrogens is 331 g/mol. The number of hydrogen-bond donors (Lipinski definition) is 0. The Balaban J connectivity index is 0.00000144. The van der Waals surface area contributed by atoms with Crippen molar-refractivity contribution in [2.24, 2.45) is 0 Å². The van der Waals surface area contributed by atoms with Gasteiger partial charge in [-0.05, 0) is 5.56 Å². The van der Waals surface area contributed by atoms with Gasteiger partial charge in [0.15, 0.2) is 11.8 Å². The molecule has 0 aromatic heterocycles. The van der Waals surface area contributed by atoms with Gasteiger partial charge in [-0.15, -0.1) is 0 Å². The van der Waals surface area contributed by atoms with Crippen LogP contribution in [0.3, 0.4) is 0 Å². The van der Waals surface area contributed by atoms with Crippen LogP contribution in [0.2, 0.25) is 0 Å². The molecule has 17 heavy (non-hydrogen) atoms. The highest BCUT2D eigenvalue weighted by Gasteiger charge is 2.33. The molecule has 0 bridgehead atoms.